The fraction of sp³-hybridized carbons (Fsp3) is 0.310. The van der Waals surface area contributed by atoms with Gasteiger partial charge in [-0.3, -0.25) is 13.9 Å². The lowest BCUT2D eigenvalue weighted by molar-refractivity contribution is -0.139. The molecule has 0 aliphatic carbocycles. The Morgan fingerprint density at radius 3 is 2.28 bits per heavy atom. The number of carbonyl (C=O) groups is 2. The predicted octanol–water partition coefficient (Wildman–Crippen LogP) is 5.83. The van der Waals surface area contributed by atoms with Crippen LogP contribution in [0.15, 0.2) is 77.7 Å². The molecule has 3 aromatic carbocycles. The molecule has 0 aliphatic heterocycles. The Morgan fingerprint density at radius 1 is 0.949 bits per heavy atom. The minimum absolute atomic E-state index is 0.00211. The second-order valence-electron chi connectivity index (χ2n) is 9.17. The predicted molar refractivity (Wildman–Crippen MR) is 157 cm³/mol. The molecule has 1 N–H and O–H groups in total. The number of nitrogens with one attached hydrogen (secondary N) is 1. The zero-order valence-electron chi connectivity index (χ0n) is 22.2. The number of rotatable bonds is 12. The maximum Gasteiger partial charge on any atom is 0.264 e. The van der Waals surface area contributed by atoms with Crippen molar-refractivity contribution in [2.24, 2.45) is 0 Å². The molecule has 208 valence electrons. The lowest BCUT2D eigenvalue weighted by atomic mass is 10.1. The average Bonchev–Trinajstić information content (AvgIpc) is 2.93. The van der Waals surface area contributed by atoms with E-state index in [4.69, 9.17) is 23.2 Å². The first kappa shape index (κ1) is 30.5. The van der Waals surface area contributed by atoms with Crippen LogP contribution < -0.4 is 9.62 Å². The molecule has 3 rings (SSSR count). The van der Waals surface area contributed by atoms with Gasteiger partial charge in [-0.25, -0.2) is 8.42 Å². The fourth-order valence-corrected chi connectivity index (χ4v) is 5.90. The van der Waals surface area contributed by atoms with E-state index in [1.807, 2.05) is 38.1 Å². The van der Waals surface area contributed by atoms with Crippen LogP contribution >= 0.6 is 23.2 Å². The van der Waals surface area contributed by atoms with Crippen LogP contribution in [0.2, 0.25) is 10.0 Å². The summed E-state index contributed by atoms with van der Waals surface area (Å²) in [5.74, 6) is -0.879. The SMILES string of the molecule is CCCCNC(=O)[C@@H](C)N(Cc1ccccc1C)C(=O)CN(c1cccc(Cl)c1Cl)S(=O)(=O)c1ccccc1. The first-order chi connectivity index (χ1) is 18.6. The van der Waals surface area contributed by atoms with Crippen LogP contribution in [0.3, 0.4) is 0 Å². The number of aryl methyl sites for hydroxylation is 1. The average molecular weight is 591 g/mol. The molecule has 39 heavy (non-hydrogen) atoms. The number of halogens is 2. The van der Waals surface area contributed by atoms with Gasteiger partial charge in [0.25, 0.3) is 10.0 Å². The van der Waals surface area contributed by atoms with Gasteiger partial charge in [-0.2, -0.15) is 0 Å². The minimum atomic E-state index is -4.22. The van der Waals surface area contributed by atoms with Gasteiger partial charge in [0.15, 0.2) is 0 Å². The van der Waals surface area contributed by atoms with E-state index in [1.165, 1.54) is 29.2 Å². The molecule has 0 aromatic heterocycles. The van der Waals surface area contributed by atoms with Crippen LogP contribution in [0.5, 0.6) is 0 Å². The van der Waals surface area contributed by atoms with Gasteiger partial charge in [0, 0.05) is 13.1 Å². The highest BCUT2D eigenvalue weighted by Crippen LogP contribution is 2.35. The maximum atomic E-state index is 14.0. The minimum Gasteiger partial charge on any atom is -0.354 e. The second-order valence-corrected chi connectivity index (χ2v) is 11.8. The van der Waals surface area contributed by atoms with Crippen molar-refractivity contribution < 1.29 is 18.0 Å². The molecule has 10 heteroatoms. The van der Waals surface area contributed by atoms with Crippen LogP contribution in [-0.4, -0.2) is 44.3 Å². The summed E-state index contributed by atoms with van der Waals surface area (Å²) in [4.78, 5) is 28.4. The standard InChI is InChI=1S/C29H33Cl2N3O4S/c1-4-5-18-32-29(36)22(3)33(19-23-13-10-9-12-21(23)2)27(35)20-34(26-17-11-16-25(30)28(26)31)39(37,38)24-14-7-6-8-15-24/h6-17,22H,4-5,18-20H2,1-3H3,(H,32,36)/t22-/m1/s1. The molecular weight excluding hydrogens is 557 g/mol. The van der Waals surface area contributed by atoms with E-state index in [9.17, 15) is 18.0 Å². The Hall–Kier alpha value is -3.07. The number of hydrogen-bond acceptors (Lipinski definition) is 4. The first-order valence-corrected chi connectivity index (χ1v) is 14.9. The van der Waals surface area contributed by atoms with Crippen LogP contribution in [-0.2, 0) is 26.2 Å². The van der Waals surface area contributed by atoms with Crippen LogP contribution in [0.4, 0.5) is 5.69 Å². The number of nitrogens with zero attached hydrogens (tertiary/aromatic N) is 2. The number of carbonyl (C=O) groups excluding carboxylic acids is 2. The summed E-state index contributed by atoms with van der Waals surface area (Å²) in [6.07, 6.45) is 1.72. The number of amides is 2. The Morgan fingerprint density at radius 2 is 1.62 bits per heavy atom. The number of sulfonamides is 1. The Kier molecular flexibility index (Phi) is 10.8. The molecule has 0 heterocycles. The maximum absolute atomic E-state index is 14.0. The monoisotopic (exact) mass is 589 g/mol. The number of unbranched alkanes of at least 4 members (excludes halogenated alkanes) is 1. The van der Waals surface area contributed by atoms with Gasteiger partial charge in [-0.05, 0) is 55.7 Å². The first-order valence-electron chi connectivity index (χ1n) is 12.7. The molecule has 0 unspecified atom stereocenters. The van der Waals surface area contributed by atoms with Crippen molar-refractivity contribution >= 4 is 50.7 Å². The molecule has 2 amide bonds. The molecule has 1 atom stereocenters. The Bertz CT molecular complexity index is 1400. The molecule has 0 bridgehead atoms. The van der Waals surface area contributed by atoms with Crippen molar-refractivity contribution in [3.8, 4) is 0 Å². The van der Waals surface area contributed by atoms with E-state index in [2.05, 4.69) is 5.32 Å². The van der Waals surface area contributed by atoms with E-state index in [0.717, 1.165) is 28.3 Å². The quantitative estimate of drug-likeness (QED) is 0.269. The van der Waals surface area contributed by atoms with E-state index >= 15 is 0 Å². The third-order valence-corrected chi connectivity index (χ3v) is 8.99. The van der Waals surface area contributed by atoms with Crippen molar-refractivity contribution in [3.63, 3.8) is 0 Å². The summed E-state index contributed by atoms with van der Waals surface area (Å²) in [5, 5.41) is 3.02. The molecule has 3 aromatic rings. The Labute approximate surface area is 240 Å². The molecule has 0 saturated carbocycles. The van der Waals surface area contributed by atoms with Crippen LogP contribution in [0.25, 0.3) is 0 Å². The topological polar surface area (TPSA) is 86.8 Å². The third kappa shape index (κ3) is 7.53. The van der Waals surface area contributed by atoms with Gasteiger partial charge in [-0.15, -0.1) is 0 Å². The molecule has 0 radical (unpaired) electrons. The summed E-state index contributed by atoms with van der Waals surface area (Å²) in [7, 11) is -4.22. The largest absolute Gasteiger partial charge is 0.354 e. The molecular formula is C29H33Cl2N3O4S. The van der Waals surface area contributed by atoms with Crippen molar-refractivity contribution in [3.05, 3.63) is 94.0 Å². The molecule has 0 spiro atoms. The van der Waals surface area contributed by atoms with E-state index in [-0.39, 0.29) is 33.1 Å². The van der Waals surface area contributed by atoms with E-state index < -0.39 is 28.5 Å². The zero-order chi connectivity index (χ0) is 28.6. The van der Waals surface area contributed by atoms with Crippen molar-refractivity contribution in [2.45, 2.75) is 51.1 Å². The molecule has 7 nitrogen and oxygen atoms in total. The second kappa shape index (κ2) is 13.8. The van der Waals surface area contributed by atoms with E-state index in [1.54, 1.807) is 31.2 Å². The highest BCUT2D eigenvalue weighted by Gasteiger charge is 2.33. The zero-order valence-corrected chi connectivity index (χ0v) is 24.6. The van der Waals surface area contributed by atoms with Gasteiger partial charge < -0.3 is 10.2 Å². The highest BCUT2D eigenvalue weighted by atomic mass is 35.5. The van der Waals surface area contributed by atoms with E-state index in [0.29, 0.717) is 6.54 Å². The van der Waals surface area contributed by atoms with Gasteiger partial charge >= 0.3 is 0 Å². The van der Waals surface area contributed by atoms with Gasteiger partial charge in [-0.1, -0.05) is 85.1 Å². The van der Waals surface area contributed by atoms with Gasteiger partial charge in [0.2, 0.25) is 11.8 Å². The number of anilines is 1. The fourth-order valence-electron chi connectivity index (χ4n) is 4.01. The summed E-state index contributed by atoms with van der Waals surface area (Å²) >= 11 is 12.7. The number of benzene rings is 3. The van der Waals surface area contributed by atoms with Crippen molar-refractivity contribution in [2.75, 3.05) is 17.4 Å². The van der Waals surface area contributed by atoms with Gasteiger partial charge in [0.05, 0.1) is 20.6 Å². The molecule has 0 saturated heterocycles. The summed E-state index contributed by atoms with van der Waals surface area (Å²) in [6, 6.07) is 19.1. The smallest absolute Gasteiger partial charge is 0.264 e. The summed E-state index contributed by atoms with van der Waals surface area (Å²) in [5.41, 5.74) is 1.86. The van der Waals surface area contributed by atoms with Crippen molar-refractivity contribution in [1.82, 2.24) is 10.2 Å². The lowest BCUT2D eigenvalue weighted by Gasteiger charge is -2.32. The van der Waals surface area contributed by atoms with Crippen LogP contribution in [0, 0.1) is 6.92 Å². The summed E-state index contributed by atoms with van der Waals surface area (Å²) < 4.78 is 28.6. The normalized spacial score (nSPS) is 12.0. The van der Waals surface area contributed by atoms with Crippen LogP contribution in [0.1, 0.15) is 37.8 Å². The third-order valence-electron chi connectivity index (χ3n) is 6.41. The Balaban J connectivity index is 2.04. The highest BCUT2D eigenvalue weighted by molar-refractivity contribution is 7.92. The summed E-state index contributed by atoms with van der Waals surface area (Å²) in [6.45, 7) is 5.60. The molecule has 0 aliphatic rings. The molecule has 0 fully saturated rings. The lowest BCUT2D eigenvalue weighted by Crippen LogP contribution is -2.51. The van der Waals surface area contributed by atoms with Gasteiger partial charge in [0.1, 0.15) is 12.6 Å². The number of hydrogen-bond donors (Lipinski definition) is 1. The van der Waals surface area contributed by atoms with Crippen molar-refractivity contribution in [1.29, 1.82) is 0 Å².